The number of nitrogens with zero attached hydrogens (tertiary/aromatic N) is 1. The summed E-state index contributed by atoms with van der Waals surface area (Å²) in [6.45, 7) is 3.88. The Labute approximate surface area is 93.2 Å². The Kier molecular flexibility index (Phi) is 2.84. The van der Waals surface area contributed by atoms with Crippen molar-refractivity contribution in [1.82, 2.24) is 4.98 Å². The number of aliphatic hydroxyl groups excluding tert-OH is 1. The molecule has 2 heterocycles. The molecule has 0 fully saturated rings. The van der Waals surface area contributed by atoms with Gasteiger partial charge in [0.15, 0.2) is 0 Å². The molecular formula is C12H13NOS. The average Bonchev–Trinajstić information content (AvgIpc) is 2.67. The molecule has 0 spiro atoms. The highest BCUT2D eigenvalue weighted by Crippen LogP contribution is 2.24. The fraction of sp³-hybridized carbons (Fsp3) is 0.250. The van der Waals surface area contributed by atoms with E-state index in [4.69, 9.17) is 0 Å². The summed E-state index contributed by atoms with van der Waals surface area (Å²) >= 11 is 1.60. The zero-order valence-electron chi connectivity index (χ0n) is 8.77. The van der Waals surface area contributed by atoms with E-state index in [1.807, 2.05) is 42.8 Å². The van der Waals surface area contributed by atoms with E-state index in [9.17, 15) is 5.11 Å². The van der Waals surface area contributed by atoms with Gasteiger partial charge in [-0.15, -0.1) is 0 Å². The van der Waals surface area contributed by atoms with Crippen molar-refractivity contribution in [2.75, 3.05) is 0 Å². The first kappa shape index (κ1) is 10.3. The molecule has 0 bridgehead atoms. The summed E-state index contributed by atoms with van der Waals surface area (Å²) in [5, 5.41) is 14.0. The number of thiophene rings is 1. The quantitative estimate of drug-likeness (QED) is 0.842. The number of hydrogen-bond acceptors (Lipinski definition) is 3. The molecule has 15 heavy (non-hydrogen) atoms. The molecule has 1 N–H and O–H groups in total. The lowest BCUT2D eigenvalue weighted by atomic mass is 10.0. The van der Waals surface area contributed by atoms with Crippen molar-refractivity contribution in [2.24, 2.45) is 0 Å². The van der Waals surface area contributed by atoms with Crippen LogP contribution in [-0.2, 0) is 0 Å². The van der Waals surface area contributed by atoms with Gasteiger partial charge in [0.2, 0.25) is 0 Å². The monoisotopic (exact) mass is 219 g/mol. The van der Waals surface area contributed by atoms with Crippen molar-refractivity contribution in [2.45, 2.75) is 20.0 Å². The highest BCUT2D eigenvalue weighted by atomic mass is 32.1. The topological polar surface area (TPSA) is 33.1 Å². The third-order valence-electron chi connectivity index (χ3n) is 2.28. The Morgan fingerprint density at radius 3 is 2.40 bits per heavy atom. The van der Waals surface area contributed by atoms with E-state index in [-0.39, 0.29) is 0 Å². The van der Waals surface area contributed by atoms with Crippen LogP contribution in [0.5, 0.6) is 0 Å². The lowest BCUT2D eigenvalue weighted by molar-refractivity contribution is 0.220. The van der Waals surface area contributed by atoms with Crippen LogP contribution in [0.25, 0.3) is 0 Å². The number of hydrogen-bond donors (Lipinski definition) is 1. The predicted octanol–water partition coefficient (Wildman–Crippen LogP) is 2.84. The highest BCUT2D eigenvalue weighted by molar-refractivity contribution is 7.07. The van der Waals surface area contributed by atoms with Crippen LogP contribution >= 0.6 is 11.3 Å². The number of aliphatic hydroxyl groups is 1. The standard InChI is InChI=1S/C12H13NOS/c1-8-5-11(6-9(2)13-8)12(14)10-3-4-15-7-10/h3-7,12,14H,1-2H3. The molecule has 0 saturated heterocycles. The summed E-state index contributed by atoms with van der Waals surface area (Å²) in [4.78, 5) is 4.29. The Balaban J connectivity index is 2.37. The Morgan fingerprint density at radius 1 is 1.20 bits per heavy atom. The highest BCUT2D eigenvalue weighted by Gasteiger charge is 2.11. The second kappa shape index (κ2) is 4.13. The SMILES string of the molecule is Cc1cc(C(O)c2ccsc2)cc(C)n1. The van der Waals surface area contributed by atoms with Gasteiger partial charge in [-0.1, -0.05) is 0 Å². The number of aryl methyl sites for hydroxylation is 2. The van der Waals surface area contributed by atoms with Gasteiger partial charge in [0.25, 0.3) is 0 Å². The molecule has 1 atom stereocenters. The molecule has 0 aliphatic rings. The van der Waals surface area contributed by atoms with E-state index >= 15 is 0 Å². The van der Waals surface area contributed by atoms with Gasteiger partial charge >= 0.3 is 0 Å². The summed E-state index contributed by atoms with van der Waals surface area (Å²) in [6.07, 6.45) is -0.531. The van der Waals surface area contributed by atoms with Crippen LogP contribution in [0.4, 0.5) is 0 Å². The third-order valence-corrected chi connectivity index (χ3v) is 2.98. The maximum atomic E-state index is 10.1. The molecule has 78 valence electrons. The number of aromatic nitrogens is 1. The van der Waals surface area contributed by atoms with Gasteiger partial charge in [-0.05, 0) is 53.9 Å². The second-order valence-corrected chi connectivity index (χ2v) is 4.42. The molecule has 1 unspecified atom stereocenters. The molecule has 0 saturated carbocycles. The third kappa shape index (κ3) is 2.25. The molecule has 0 radical (unpaired) electrons. The van der Waals surface area contributed by atoms with E-state index in [0.29, 0.717) is 0 Å². The average molecular weight is 219 g/mol. The van der Waals surface area contributed by atoms with Crippen molar-refractivity contribution in [3.63, 3.8) is 0 Å². The lowest BCUT2D eigenvalue weighted by Crippen LogP contribution is -2.00. The van der Waals surface area contributed by atoms with E-state index in [2.05, 4.69) is 4.98 Å². The second-order valence-electron chi connectivity index (χ2n) is 3.64. The van der Waals surface area contributed by atoms with Crippen LogP contribution in [0.1, 0.15) is 28.6 Å². The Hall–Kier alpha value is -1.19. The van der Waals surface area contributed by atoms with Crippen LogP contribution in [0.2, 0.25) is 0 Å². The first-order chi connectivity index (χ1) is 7.16. The Morgan fingerprint density at radius 2 is 1.87 bits per heavy atom. The summed E-state index contributed by atoms with van der Waals surface area (Å²) in [7, 11) is 0. The minimum Gasteiger partial charge on any atom is -0.384 e. The van der Waals surface area contributed by atoms with Crippen molar-refractivity contribution in [3.05, 3.63) is 51.5 Å². The number of pyridine rings is 1. The molecule has 2 rings (SSSR count). The van der Waals surface area contributed by atoms with Gasteiger partial charge in [-0.25, -0.2) is 0 Å². The van der Waals surface area contributed by atoms with Crippen LogP contribution in [-0.4, -0.2) is 10.1 Å². The maximum Gasteiger partial charge on any atom is 0.105 e. The molecule has 2 aromatic rings. The first-order valence-corrected chi connectivity index (χ1v) is 5.76. The van der Waals surface area contributed by atoms with Crippen molar-refractivity contribution >= 4 is 11.3 Å². The van der Waals surface area contributed by atoms with E-state index < -0.39 is 6.10 Å². The molecule has 2 nitrogen and oxygen atoms in total. The number of rotatable bonds is 2. The molecule has 0 aliphatic carbocycles. The molecular weight excluding hydrogens is 206 g/mol. The molecule has 2 aromatic heterocycles. The smallest absolute Gasteiger partial charge is 0.105 e. The fourth-order valence-corrected chi connectivity index (χ4v) is 2.33. The summed E-state index contributed by atoms with van der Waals surface area (Å²) in [5.41, 5.74) is 3.75. The first-order valence-electron chi connectivity index (χ1n) is 4.82. The van der Waals surface area contributed by atoms with Crippen molar-refractivity contribution < 1.29 is 5.11 Å². The molecule has 3 heteroatoms. The van der Waals surface area contributed by atoms with Crippen molar-refractivity contribution in [1.29, 1.82) is 0 Å². The fourth-order valence-electron chi connectivity index (χ4n) is 1.65. The Bertz CT molecular complexity index is 430. The lowest BCUT2D eigenvalue weighted by Gasteiger charge is -2.10. The normalized spacial score (nSPS) is 12.7. The van der Waals surface area contributed by atoms with Crippen LogP contribution in [0, 0.1) is 13.8 Å². The zero-order valence-corrected chi connectivity index (χ0v) is 9.58. The summed E-state index contributed by atoms with van der Waals surface area (Å²) in [5.74, 6) is 0. The van der Waals surface area contributed by atoms with E-state index in [1.54, 1.807) is 11.3 Å². The molecule has 0 amide bonds. The van der Waals surface area contributed by atoms with Gasteiger partial charge in [0, 0.05) is 11.4 Å². The van der Waals surface area contributed by atoms with Crippen LogP contribution in [0.15, 0.2) is 29.0 Å². The minimum atomic E-state index is -0.531. The van der Waals surface area contributed by atoms with E-state index in [1.165, 1.54) is 0 Å². The predicted molar refractivity (Wildman–Crippen MR) is 62.1 cm³/mol. The zero-order chi connectivity index (χ0) is 10.8. The molecule has 0 aromatic carbocycles. The van der Waals surface area contributed by atoms with Crippen molar-refractivity contribution in [3.8, 4) is 0 Å². The molecule has 0 aliphatic heterocycles. The van der Waals surface area contributed by atoms with E-state index in [0.717, 1.165) is 22.5 Å². The van der Waals surface area contributed by atoms with Gasteiger partial charge in [-0.3, -0.25) is 4.98 Å². The minimum absolute atomic E-state index is 0.531. The van der Waals surface area contributed by atoms with Crippen LogP contribution < -0.4 is 0 Å². The van der Waals surface area contributed by atoms with Gasteiger partial charge in [0.1, 0.15) is 6.10 Å². The van der Waals surface area contributed by atoms with Gasteiger partial charge < -0.3 is 5.11 Å². The summed E-state index contributed by atoms with van der Waals surface area (Å²) < 4.78 is 0. The van der Waals surface area contributed by atoms with Gasteiger partial charge in [-0.2, -0.15) is 11.3 Å². The maximum absolute atomic E-state index is 10.1. The van der Waals surface area contributed by atoms with Crippen LogP contribution in [0.3, 0.4) is 0 Å². The largest absolute Gasteiger partial charge is 0.384 e. The summed E-state index contributed by atoms with van der Waals surface area (Å²) in [6, 6.07) is 5.80. The van der Waals surface area contributed by atoms with Gasteiger partial charge in [0.05, 0.1) is 0 Å².